The van der Waals surface area contributed by atoms with Gasteiger partial charge in [-0.05, 0) is 43.3 Å². The minimum atomic E-state index is -0.242. The average Bonchev–Trinajstić information content (AvgIpc) is 3.21. The highest BCUT2D eigenvalue weighted by molar-refractivity contribution is 8.00. The van der Waals surface area contributed by atoms with Gasteiger partial charge in [0, 0.05) is 10.8 Å². The van der Waals surface area contributed by atoms with E-state index in [1.165, 1.54) is 11.8 Å². The van der Waals surface area contributed by atoms with Crippen LogP contribution in [0.4, 0.5) is 0 Å². The lowest BCUT2D eigenvalue weighted by molar-refractivity contribution is -0.120. The van der Waals surface area contributed by atoms with Crippen molar-refractivity contribution in [3.63, 3.8) is 0 Å². The molecule has 1 atom stereocenters. The summed E-state index contributed by atoms with van der Waals surface area (Å²) in [5.74, 6) is 1.50. The highest BCUT2D eigenvalue weighted by Crippen LogP contribution is 2.40. The third kappa shape index (κ3) is 3.99. The summed E-state index contributed by atoms with van der Waals surface area (Å²) < 4.78 is 1.93. The molecule has 3 aromatic rings. The normalized spacial score (nSPS) is 15.0. The number of thioether (sulfide) groups is 1. The smallest absolute Gasteiger partial charge is 0.233 e. The van der Waals surface area contributed by atoms with E-state index >= 15 is 0 Å². The number of hydrogen-bond acceptors (Lipinski definition) is 5. The molecule has 0 radical (unpaired) electrons. The number of nitrogens with one attached hydrogen (secondary N) is 1. The Morgan fingerprint density at radius 1 is 1.31 bits per heavy atom. The molecular weight excluding hydrogens is 364 g/mol. The van der Waals surface area contributed by atoms with Crippen LogP contribution in [0.25, 0.3) is 5.69 Å². The van der Waals surface area contributed by atoms with E-state index in [-0.39, 0.29) is 11.2 Å². The van der Waals surface area contributed by atoms with Crippen LogP contribution in [0.1, 0.15) is 36.4 Å². The van der Waals surface area contributed by atoms with E-state index in [4.69, 9.17) is 4.98 Å². The molecule has 0 saturated heterocycles. The number of para-hydroxylation sites is 1. The summed E-state index contributed by atoms with van der Waals surface area (Å²) in [5, 5.41) is 10.1. The maximum absolute atomic E-state index is 12.4. The minimum absolute atomic E-state index is 0.00688. The molecule has 1 aliphatic rings. The molecule has 7 heteroatoms. The quantitative estimate of drug-likeness (QED) is 0.626. The number of nitrogens with zero attached hydrogens (tertiary/aromatic N) is 3. The molecule has 26 heavy (non-hydrogen) atoms. The standard InChI is InChI=1S/C19H20N4OS2/c1-13(18(24)20-12-16-8-5-11-25-16)26-19-21-17(14-9-10-14)23(22-19)15-6-3-2-4-7-15/h2-8,11,13-14H,9-10,12H2,1H3,(H,20,24)/t13-/m1/s1. The number of rotatable bonds is 7. The Kier molecular flexibility index (Phi) is 5.08. The molecule has 0 spiro atoms. The van der Waals surface area contributed by atoms with Crippen LogP contribution in [0.15, 0.2) is 53.0 Å². The molecule has 1 fully saturated rings. The Labute approximate surface area is 160 Å². The Balaban J connectivity index is 1.45. The molecule has 1 aliphatic carbocycles. The lowest BCUT2D eigenvalue weighted by atomic mass is 10.3. The van der Waals surface area contributed by atoms with E-state index in [1.807, 2.05) is 59.5 Å². The molecule has 0 bridgehead atoms. The van der Waals surface area contributed by atoms with Gasteiger partial charge in [0.1, 0.15) is 5.82 Å². The monoisotopic (exact) mass is 384 g/mol. The van der Waals surface area contributed by atoms with E-state index in [2.05, 4.69) is 10.4 Å². The molecule has 0 aliphatic heterocycles. The van der Waals surface area contributed by atoms with Gasteiger partial charge in [-0.3, -0.25) is 4.79 Å². The highest BCUT2D eigenvalue weighted by Gasteiger charge is 2.31. The van der Waals surface area contributed by atoms with E-state index in [9.17, 15) is 4.79 Å². The summed E-state index contributed by atoms with van der Waals surface area (Å²) in [6, 6.07) is 14.1. The number of amides is 1. The number of hydrogen-bond donors (Lipinski definition) is 1. The number of carbonyl (C=O) groups is 1. The minimum Gasteiger partial charge on any atom is -0.350 e. The Hall–Kier alpha value is -2.12. The lowest BCUT2D eigenvalue weighted by Crippen LogP contribution is -2.30. The second kappa shape index (κ2) is 7.63. The third-order valence-electron chi connectivity index (χ3n) is 4.22. The van der Waals surface area contributed by atoms with Gasteiger partial charge in [-0.25, -0.2) is 9.67 Å². The topological polar surface area (TPSA) is 59.8 Å². The first-order valence-electron chi connectivity index (χ1n) is 8.70. The largest absolute Gasteiger partial charge is 0.350 e. The fourth-order valence-corrected chi connectivity index (χ4v) is 4.09. The van der Waals surface area contributed by atoms with Gasteiger partial charge in [0.2, 0.25) is 11.1 Å². The SMILES string of the molecule is C[C@@H](Sc1nc(C2CC2)n(-c2ccccc2)n1)C(=O)NCc1cccs1. The number of aromatic nitrogens is 3. The summed E-state index contributed by atoms with van der Waals surface area (Å²) in [6.45, 7) is 2.47. The summed E-state index contributed by atoms with van der Waals surface area (Å²) in [6.07, 6.45) is 2.32. The molecule has 4 rings (SSSR count). The first-order chi connectivity index (χ1) is 12.7. The maximum Gasteiger partial charge on any atom is 0.233 e. The van der Waals surface area contributed by atoms with Crippen LogP contribution in [0.3, 0.4) is 0 Å². The molecule has 1 amide bonds. The number of benzene rings is 1. The van der Waals surface area contributed by atoms with Crippen molar-refractivity contribution in [2.75, 3.05) is 0 Å². The van der Waals surface area contributed by atoms with Crippen molar-refractivity contribution in [2.45, 2.75) is 42.6 Å². The van der Waals surface area contributed by atoms with Crippen LogP contribution in [0, 0.1) is 0 Å². The van der Waals surface area contributed by atoms with Crippen LogP contribution >= 0.6 is 23.1 Å². The van der Waals surface area contributed by atoms with Crippen LogP contribution in [0.5, 0.6) is 0 Å². The fourth-order valence-electron chi connectivity index (χ4n) is 2.66. The van der Waals surface area contributed by atoms with Crippen molar-refractivity contribution in [1.82, 2.24) is 20.1 Å². The Morgan fingerprint density at radius 3 is 2.81 bits per heavy atom. The van der Waals surface area contributed by atoms with Crippen LogP contribution in [0.2, 0.25) is 0 Å². The van der Waals surface area contributed by atoms with Gasteiger partial charge in [0.15, 0.2) is 0 Å². The van der Waals surface area contributed by atoms with Gasteiger partial charge < -0.3 is 5.32 Å². The maximum atomic E-state index is 12.4. The summed E-state index contributed by atoms with van der Waals surface area (Å²) in [7, 11) is 0. The zero-order chi connectivity index (χ0) is 17.9. The molecule has 1 saturated carbocycles. The van der Waals surface area contributed by atoms with Gasteiger partial charge in [0.25, 0.3) is 0 Å². The predicted octanol–water partition coefficient (Wildman–Crippen LogP) is 4.00. The molecular formula is C19H20N4OS2. The van der Waals surface area contributed by atoms with Crippen molar-refractivity contribution < 1.29 is 4.79 Å². The number of carbonyl (C=O) groups excluding carboxylic acids is 1. The average molecular weight is 385 g/mol. The zero-order valence-corrected chi connectivity index (χ0v) is 16.1. The Morgan fingerprint density at radius 2 is 2.12 bits per heavy atom. The molecule has 0 unspecified atom stereocenters. The second-order valence-corrected chi connectivity index (χ2v) is 8.67. The molecule has 2 aromatic heterocycles. The van der Waals surface area contributed by atoms with Crippen molar-refractivity contribution in [3.05, 3.63) is 58.5 Å². The van der Waals surface area contributed by atoms with Gasteiger partial charge in [0.05, 0.1) is 17.5 Å². The summed E-state index contributed by atoms with van der Waals surface area (Å²) in [5.41, 5.74) is 1.02. The van der Waals surface area contributed by atoms with Crippen molar-refractivity contribution in [3.8, 4) is 5.69 Å². The lowest BCUT2D eigenvalue weighted by Gasteiger charge is -2.09. The first kappa shape index (κ1) is 17.3. The zero-order valence-electron chi connectivity index (χ0n) is 14.5. The van der Waals surface area contributed by atoms with Gasteiger partial charge >= 0.3 is 0 Å². The predicted molar refractivity (Wildman–Crippen MR) is 105 cm³/mol. The van der Waals surface area contributed by atoms with Crippen LogP contribution in [-0.2, 0) is 11.3 Å². The van der Waals surface area contributed by atoms with Gasteiger partial charge in [-0.1, -0.05) is 36.0 Å². The summed E-state index contributed by atoms with van der Waals surface area (Å²) >= 11 is 3.06. The molecule has 5 nitrogen and oxygen atoms in total. The van der Waals surface area contributed by atoms with E-state index in [0.29, 0.717) is 17.6 Å². The third-order valence-corrected chi connectivity index (χ3v) is 6.05. The van der Waals surface area contributed by atoms with E-state index < -0.39 is 0 Å². The Bertz CT molecular complexity index is 872. The van der Waals surface area contributed by atoms with E-state index in [0.717, 1.165) is 29.2 Å². The highest BCUT2D eigenvalue weighted by atomic mass is 32.2. The molecule has 2 heterocycles. The summed E-state index contributed by atoms with van der Waals surface area (Å²) in [4.78, 5) is 18.2. The molecule has 1 N–H and O–H groups in total. The number of thiophene rings is 1. The van der Waals surface area contributed by atoms with Crippen molar-refractivity contribution >= 4 is 29.0 Å². The van der Waals surface area contributed by atoms with Crippen LogP contribution in [-0.4, -0.2) is 25.9 Å². The molecule has 134 valence electrons. The van der Waals surface area contributed by atoms with Crippen LogP contribution < -0.4 is 5.32 Å². The van der Waals surface area contributed by atoms with E-state index in [1.54, 1.807) is 11.3 Å². The van der Waals surface area contributed by atoms with Crippen molar-refractivity contribution in [1.29, 1.82) is 0 Å². The molecule has 1 aromatic carbocycles. The fraction of sp³-hybridized carbons (Fsp3) is 0.316. The van der Waals surface area contributed by atoms with Crippen molar-refractivity contribution in [2.24, 2.45) is 0 Å². The van der Waals surface area contributed by atoms with Gasteiger partial charge in [-0.15, -0.1) is 16.4 Å². The first-order valence-corrected chi connectivity index (χ1v) is 10.5. The van der Waals surface area contributed by atoms with Gasteiger partial charge in [-0.2, -0.15) is 0 Å². The second-order valence-electron chi connectivity index (χ2n) is 6.33.